The SMILES string of the molecule is COCCCNC(=O)c1ccc(NC(=O)CNc2ccc(CCC(=O)N(C)C)cc2)cc1. The topological polar surface area (TPSA) is 99.8 Å². The monoisotopic (exact) mass is 440 g/mol. The summed E-state index contributed by atoms with van der Waals surface area (Å²) in [5.41, 5.74) is 3.04. The minimum absolute atomic E-state index is 0.0969. The number of anilines is 2. The Bertz CT molecular complexity index is 880. The number of carbonyl (C=O) groups excluding carboxylic acids is 3. The summed E-state index contributed by atoms with van der Waals surface area (Å²) in [5, 5.41) is 8.70. The first-order valence-corrected chi connectivity index (χ1v) is 10.6. The number of nitrogens with one attached hydrogen (secondary N) is 3. The quantitative estimate of drug-likeness (QED) is 0.441. The van der Waals surface area contributed by atoms with Crippen LogP contribution in [0.15, 0.2) is 48.5 Å². The van der Waals surface area contributed by atoms with Gasteiger partial charge in [0.05, 0.1) is 6.54 Å². The summed E-state index contributed by atoms with van der Waals surface area (Å²) in [6.45, 7) is 1.26. The van der Waals surface area contributed by atoms with Crippen LogP contribution in [0.2, 0.25) is 0 Å². The molecule has 0 radical (unpaired) electrons. The molecule has 0 heterocycles. The maximum Gasteiger partial charge on any atom is 0.251 e. The predicted molar refractivity (Wildman–Crippen MR) is 126 cm³/mol. The highest BCUT2D eigenvalue weighted by Crippen LogP contribution is 2.12. The van der Waals surface area contributed by atoms with Gasteiger partial charge >= 0.3 is 0 Å². The first-order valence-electron chi connectivity index (χ1n) is 10.6. The van der Waals surface area contributed by atoms with Crippen LogP contribution < -0.4 is 16.0 Å². The summed E-state index contributed by atoms with van der Waals surface area (Å²) in [5.74, 6) is -0.253. The standard InChI is InChI=1S/C24H32N4O4/c1-28(2)23(30)14-7-18-5-10-20(11-6-18)26-17-22(29)27-21-12-8-19(9-13-21)24(31)25-15-4-16-32-3/h5-6,8-13,26H,4,7,14-17H2,1-3H3,(H,25,31)(H,27,29). The number of hydrogen-bond donors (Lipinski definition) is 3. The molecule has 172 valence electrons. The van der Waals surface area contributed by atoms with Crippen molar-refractivity contribution >= 4 is 29.1 Å². The van der Waals surface area contributed by atoms with Crippen LogP contribution in [-0.2, 0) is 20.7 Å². The first-order chi connectivity index (χ1) is 15.4. The van der Waals surface area contributed by atoms with Gasteiger partial charge in [0, 0.05) is 57.7 Å². The summed E-state index contributed by atoms with van der Waals surface area (Å²) < 4.78 is 4.95. The zero-order valence-corrected chi connectivity index (χ0v) is 18.9. The molecule has 8 heteroatoms. The largest absolute Gasteiger partial charge is 0.385 e. The highest BCUT2D eigenvalue weighted by atomic mass is 16.5. The van der Waals surface area contributed by atoms with Gasteiger partial charge in [-0.05, 0) is 54.8 Å². The van der Waals surface area contributed by atoms with Crippen LogP contribution in [0.1, 0.15) is 28.8 Å². The third kappa shape index (κ3) is 8.77. The Morgan fingerprint density at radius 3 is 2.22 bits per heavy atom. The maximum absolute atomic E-state index is 12.2. The summed E-state index contributed by atoms with van der Waals surface area (Å²) in [7, 11) is 5.12. The van der Waals surface area contributed by atoms with E-state index < -0.39 is 0 Å². The highest BCUT2D eigenvalue weighted by molar-refractivity contribution is 5.96. The number of amides is 3. The van der Waals surface area contributed by atoms with Crippen molar-refractivity contribution in [3.63, 3.8) is 0 Å². The summed E-state index contributed by atoms with van der Waals surface area (Å²) in [4.78, 5) is 37.5. The molecule has 0 aromatic heterocycles. The Morgan fingerprint density at radius 1 is 0.938 bits per heavy atom. The number of methoxy groups -OCH3 is 1. The van der Waals surface area contributed by atoms with E-state index in [1.807, 2.05) is 24.3 Å². The molecule has 0 unspecified atom stereocenters. The molecule has 0 fully saturated rings. The van der Waals surface area contributed by atoms with Crippen LogP contribution in [0.3, 0.4) is 0 Å². The number of carbonyl (C=O) groups is 3. The molecule has 0 saturated heterocycles. The van der Waals surface area contributed by atoms with Crippen molar-refractivity contribution in [2.24, 2.45) is 0 Å². The Kier molecular flexibility index (Phi) is 10.2. The van der Waals surface area contributed by atoms with Gasteiger partial charge in [0.2, 0.25) is 11.8 Å². The molecular weight excluding hydrogens is 408 g/mol. The zero-order chi connectivity index (χ0) is 23.3. The van der Waals surface area contributed by atoms with E-state index in [0.29, 0.717) is 37.2 Å². The van der Waals surface area contributed by atoms with Gasteiger partial charge in [0.1, 0.15) is 0 Å². The van der Waals surface area contributed by atoms with Crippen molar-refractivity contribution < 1.29 is 19.1 Å². The Hall–Kier alpha value is -3.39. The molecule has 0 bridgehead atoms. The van der Waals surface area contributed by atoms with E-state index >= 15 is 0 Å². The van der Waals surface area contributed by atoms with Gasteiger partial charge in [-0.1, -0.05) is 12.1 Å². The molecule has 2 rings (SSSR count). The second-order valence-corrected chi connectivity index (χ2v) is 7.57. The van der Waals surface area contributed by atoms with Crippen LogP contribution in [0, 0.1) is 0 Å². The molecule has 0 aliphatic heterocycles. The van der Waals surface area contributed by atoms with Gasteiger partial charge < -0.3 is 25.6 Å². The molecular formula is C24H32N4O4. The molecule has 32 heavy (non-hydrogen) atoms. The van der Waals surface area contributed by atoms with Crippen LogP contribution >= 0.6 is 0 Å². The third-order valence-corrected chi connectivity index (χ3v) is 4.77. The average molecular weight is 441 g/mol. The molecule has 8 nitrogen and oxygen atoms in total. The van der Waals surface area contributed by atoms with Crippen LogP contribution in [0.5, 0.6) is 0 Å². The van der Waals surface area contributed by atoms with E-state index in [4.69, 9.17) is 4.74 Å². The van der Waals surface area contributed by atoms with Crippen molar-refractivity contribution in [2.45, 2.75) is 19.3 Å². The highest BCUT2D eigenvalue weighted by Gasteiger charge is 2.07. The third-order valence-electron chi connectivity index (χ3n) is 4.77. The lowest BCUT2D eigenvalue weighted by Crippen LogP contribution is -2.25. The molecule has 0 aliphatic rings. The lowest BCUT2D eigenvalue weighted by molar-refractivity contribution is -0.128. The van der Waals surface area contributed by atoms with E-state index in [-0.39, 0.29) is 24.3 Å². The summed E-state index contributed by atoms with van der Waals surface area (Å²) in [6, 6.07) is 14.4. The van der Waals surface area contributed by atoms with Gasteiger partial charge in [-0.3, -0.25) is 14.4 Å². The van der Waals surface area contributed by atoms with Crippen molar-refractivity contribution in [2.75, 3.05) is 51.5 Å². The second-order valence-electron chi connectivity index (χ2n) is 7.57. The van der Waals surface area contributed by atoms with E-state index in [9.17, 15) is 14.4 Å². The van der Waals surface area contributed by atoms with E-state index in [1.54, 1.807) is 50.4 Å². The predicted octanol–water partition coefficient (Wildman–Crippen LogP) is 2.52. The lowest BCUT2D eigenvalue weighted by atomic mass is 10.1. The van der Waals surface area contributed by atoms with Gasteiger partial charge in [-0.2, -0.15) is 0 Å². The minimum atomic E-state index is -0.192. The molecule has 0 saturated carbocycles. The Labute approximate surface area is 189 Å². The van der Waals surface area contributed by atoms with Crippen LogP contribution in [0.25, 0.3) is 0 Å². The Morgan fingerprint density at radius 2 is 1.59 bits per heavy atom. The lowest BCUT2D eigenvalue weighted by Gasteiger charge is -2.11. The zero-order valence-electron chi connectivity index (χ0n) is 18.9. The van der Waals surface area contributed by atoms with Crippen LogP contribution in [-0.4, -0.2) is 63.5 Å². The molecule has 2 aromatic rings. The van der Waals surface area contributed by atoms with Gasteiger partial charge in [-0.25, -0.2) is 0 Å². The normalized spacial score (nSPS) is 10.3. The smallest absolute Gasteiger partial charge is 0.251 e. The van der Waals surface area contributed by atoms with Crippen molar-refractivity contribution in [3.05, 3.63) is 59.7 Å². The van der Waals surface area contributed by atoms with E-state index in [0.717, 1.165) is 17.7 Å². The average Bonchev–Trinajstić information content (AvgIpc) is 2.80. The number of benzene rings is 2. The number of nitrogens with zero attached hydrogens (tertiary/aromatic N) is 1. The van der Waals surface area contributed by atoms with Gasteiger partial charge in [-0.15, -0.1) is 0 Å². The number of rotatable bonds is 12. The fourth-order valence-corrected chi connectivity index (χ4v) is 2.88. The first kappa shape index (κ1) is 24.9. The molecule has 3 N–H and O–H groups in total. The molecule has 0 spiro atoms. The summed E-state index contributed by atoms with van der Waals surface area (Å²) >= 11 is 0. The summed E-state index contributed by atoms with van der Waals surface area (Å²) in [6.07, 6.45) is 1.90. The number of aryl methyl sites for hydroxylation is 1. The van der Waals surface area contributed by atoms with Crippen molar-refractivity contribution in [3.8, 4) is 0 Å². The van der Waals surface area contributed by atoms with Crippen molar-refractivity contribution in [1.82, 2.24) is 10.2 Å². The molecule has 0 aliphatic carbocycles. The fraction of sp³-hybridized carbons (Fsp3) is 0.375. The molecule has 0 atom stereocenters. The van der Waals surface area contributed by atoms with Gasteiger partial charge in [0.15, 0.2) is 0 Å². The molecule has 2 aromatic carbocycles. The van der Waals surface area contributed by atoms with E-state index in [1.165, 1.54) is 0 Å². The second kappa shape index (κ2) is 13.1. The van der Waals surface area contributed by atoms with Crippen molar-refractivity contribution in [1.29, 1.82) is 0 Å². The number of ether oxygens (including phenoxy) is 1. The molecule has 3 amide bonds. The number of hydrogen-bond acceptors (Lipinski definition) is 5. The minimum Gasteiger partial charge on any atom is -0.385 e. The van der Waals surface area contributed by atoms with Crippen LogP contribution in [0.4, 0.5) is 11.4 Å². The Balaban J connectivity index is 1.74. The van der Waals surface area contributed by atoms with Gasteiger partial charge in [0.25, 0.3) is 5.91 Å². The maximum atomic E-state index is 12.2. The fourth-order valence-electron chi connectivity index (χ4n) is 2.88. The van der Waals surface area contributed by atoms with E-state index in [2.05, 4.69) is 16.0 Å².